The zero-order chi connectivity index (χ0) is 9.30. The molecule has 0 radical (unpaired) electrons. The van der Waals surface area contributed by atoms with Crippen LogP contribution in [0.25, 0.3) is 0 Å². The standard InChI is InChI=1S/C10H18O2/c1-6(2)8-5-4-7(3)9(8)10(11)12/h6-9H,4-5H2,1-3H3,(H,11,12)/t7-,8+,9+/m1/s1. The van der Waals surface area contributed by atoms with Crippen LogP contribution in [0.4, 0.5) is 0 Å². The van der Waals surface area contributed by atoms with E-state index in [1.807, 2.05) is 0 Å². The first kappa shape index (κ1) is 9.56. The summed E-state index contributed by atoms with van der Waals surface area (Å²) in [5, 5.41) is 9.00. The van der Waals surface area contributed by atoms with Crippen molar-refractivity contribution < 1.29 is 9.90 Å². The molecule has 1 fully saturated rings. The molecular formula is C10H18O2. The lowest BCUT2D eigenvalue weighted by molar-refractivity contribution is -0.144. The first-order valence-corrected chi connectivity index (χ1v) is 4.76. The van der Waals surface area contributed by atoms with Crippen molar-refractivity contribution in [2.45, 2.75) is 33.6 Å². The van der Waals surface area contributed by atoms with E-state index in [0.29, 0.717) is 17.8 Å². The summed E-state index contributed by atoms with van der Waals surface area (Å²) in [4.78, 5) is 10.9. The predicted molar refractivity (Wildman–Crippen MR) is 47.9 cm³/mol. The van der Waals surface area contributed by atoms with Gasteiger partial charge in [0.1, 0.15) is 0 Å². The van der Waals surface area contributed by atoms with Gasteiger partial charge in [-0.3, -0.25) is 4.79 Å². The highest BCUT2D eigenvalue weighted by Crippen LogP contribution is 2.40. The molecular weight excluding hydrogens is 152 g/mol. The van der Waals surface area contributed by atoms with Gasteiger partial charge in [0.05, 0.1) is 5.92 Å². The predicted octanol–water partition coefficient (Wildman–Crippen LogP) is 2.39. The van der Waals surface area contributed by atoms with Gasteiger partial charge >= 0.3 is 5.97 Å². The van der Waals surface area contributed by atoms with Gasteiger partial charge in [0.25, 0.3) is 0 Å². The van der Waals surface area contributed by atoms with E-state index in [9.17, 15) is 4.79 Å². The van der Waals surface area contributed by atoms with Gasteiger partial charge in [0.2, 0.25) is 0 Å². The van der Waals surface area contributed by atoms with Crippen molar-refractivity contribution in [3.05, 3.63) is 0 Å². The Morgan fingerprint density at radius 2 is 2.00 bits per heavy atom. The summed E-state index contributed by atoms with van der Waals surface area (Å²) in [5.74, 6) is 0.590. The molecule has 1 saturated carbocycles. The minimum Gasteiger partial charge on any atom is -0.481 e. The zero-order valence-corrected chi connectivity index (χ0v) is 8.08. The van der Waals surface area contributed by atoms with E-state index in [-0.39, 0.29) is 5.92 Å². The number of carbonyl (C=O) groups is 1. The lowest BCUT2D eigenvalue weighted by Gasteiger charge is -2.21. The molecule has 0 spiro atoms. The molecule has 0 unspecified atom stereocenters. The summed E-state index contributed by atoms with van der Waals surface area (Å²) in [6.45, 7) is 6.30. The van der Waals surface area contributed by atoms with E-state index < -0.39 is 5.97 Å². The molecule has 2 heteroatoms. The molecule has 2 nitrogen and oxygen atoms in total. The lowest BCUT2D eigenvalue weighted by Crippen LogP contribution is -2.26. The Hall–Kier alpha value is -0.530. The second-order valence-electron chi connectivity index (χ2n) is 4.33. The van der Waals surface area contributed by atoms with Crippen LogP contribution in [0.2, 0.25) is 0 Å². The first-order valence-electron chi connectivity index (χ1n) is 4.76. The summed E-state index contributed by atoms with van der Waals surface area (Å²) < 4.78 is 0. The highest BCUT2D eigenvalue weighted by atomic mass is 16.4. The van der Waals surface area contributed by atoms with Crippen LogP contribution < -0.4 is 0 Å². The van der Waals surface area contributed by atoms with Crippen molar-refractivity contribution >= 4 is 5.97 Å². The molecule has 0 bridgehead atoms. The largest absolute Gasteiger partial charge is 0.481 e. The maximum absolute atomic E-state index is 10.9. The maximum Gasteiger partial charge on any atom is 0.307 e. The van der Waals surface area contributed by atoms with Crippen molar-refractivity contribution in [3.8, 4) is 0 Å². The van der Waals surface area contributed by atoms with Crippen molar-refractivity contribution in [3.63, 3.8) is 0 Å². The number of hydrogen-bond acceptors (Lipinski definition) is 1. The van der Waals surface area contributed by atoms with Gasteiger partial charge in [-0.1, -0.05) is 20.8 Å². The normalized spacial score (nSPS) is 35.8. The molecule has 1 aliphatic carbocycles. The van der Waals surface area contributed by atoms with Gasteiger partial charge in [-0.05, 0) is 30.6 Å². The smallest absolute Gasteiger partial charge is 0.307 e. The number of rotatable bonds is 2. The summed E-state index contributed by atoms with van der Waals surface area (Å²) in [6.07, 6.45) is 2.18. The Morgan fingerprint density at radius 1 is 1.42 bits per heavy atom. The van der Waals surface area contributed by atoms with Gasteiger partial charge in [0.15, 0.2) is 0 Å². The Balaban J connectivity index is 2.70. The molecule has 0 heterocycles. The van der Waals surface area contributed by atoms with Crippen molar-refractivity contribution in [1.82, 2.24) is 0 Å². The van der Waals surface area contributed by atoms with Crippen LogP contribution in [0.15, 0.2) is 0 Å². The topological polar surface area (TPSA) is 37.3 Å². The van der Waals surface area contributed by atoms with Crippen LogP contribution in [0.3, 0.4) is 0 Å². The van der Waals surface area contributed by atoms with Gasteiger partial charge in [-0.2, -0.15) is 0 Å². The minimum atomic E-state index is -0.598. The maximum atomic E-state index is 10.9. The van der Waals surface area contributed by atoms with Crippen LogP contribution in [-0.4, -0.2) is 11.1 Å². The zero-order valence-electron chi connectivity index (χ0n) is 8.08. The molecule has 0 amide bonds. The Kier molecular flexibility index (Phi) is 2.76. The third-order valence-electron chi connectivity index (χ3n) is 3.17. The fraction of sp³-hybridized carbons (Fsp3) is 0.900. The van der Waals surface area contributed by atoms with Gasteiger partial charge in [-0.15, -0.1) is 0 Å². The quantitative estimate of drug-likeness (QED) is 0.691. The van der Waals surface area contributed by atoms with Gasteiger partial charge < -0.3 is 5.11 Å². The monoisotopic (exact) mass is 170 g/mol. The number of aliphatic carboxylic acids is 1. The molecule has 0 aromatic carbocycles. The van der Waals surface area contributed by atoms with Crippen LogP contribution in [0, 0.1) is 23.7 Å². The summed E-state index contributed by atoms with van der Waals surface area (Å²) in [6, 6.07) is 0. The SMILES string of the molecule is CC(C)[C@@H]1CC[C@@H](C)[C@@H]1C(=O)O. The Labute approximate surface area is 74.0 Å². The summed E-state index contributed by atoms with van der Waals surface area (Å²) >= 11 is 0. The van der Waals surface area contributed by atoms with Crippen molar-refractivity contribution in [1.29, 1.82) is 0 Å². The fourth-order valence-electron chi connectivity index (χ4n) is 2.41. The highest BCUT2D eigenvalue weighted by molar-refractivity contribution is 5.71. The van der Waals surface area contributed by atoms with Gasteiger partial charge in [-0.25, -0.2) is 0 Å². The van der Waals surface area contributed by atoms with Crippen LogP contribution in [0.5, 0.6) is 0 Å². The average molecular weight is 170 g/mol. The molecule has 0 aliphatic heterocycles. The summed E-state index contributed by atoms with van der Waals surface area (Å²) in [7, 11) is 0. The molecule has 12 heavy (non-hydrogen) atoms. The Bertz CT molecular complexity index is 175. The molecule has 0 aromatic heterocycles. The van der Waals surface area contributed by atoms with Crippen molar-refractivity contribution in [2.24, 2.45) is 23.7 Å². The second-order valence-corrected chi connectivity index (χ2v) is 4.33. The lowest BCUT2D eigenvalue weighted by atomic mass is 9.83. The fourth-order valence-corrected chi connectivity index (χ4v) is 2.41. The van der Waals surface area contributed by atoms with E-state index in [0.717, 1.165) is 12.8 Å². The molecule has 70 valence electrons. The van der Waals surface area contributed by atoms with Crippen LogP contribution >= 0.6 is 0 Å². The molecule has 0 aromatic rings. The molecule has 1 aliphatic rings. The molecule has 1 N–H and O–H groups in total. The molecule has 1 rings (SSSR count). The number of carboxylic acid groups (broad SMARTS) is 1. The van der Waals surface area contributed by atoms with Crippen LogP contribution in [0.1, 0.15) is 33.6 Å². The third-order valence-corrected chi connectivity index (χ3v) is 3.17. The highest BCUT2D eigenvalue weighted by Gasteiger charge is 2.39. The van der Waals surface area contributed by atoms with E-state index in [2.05, 4.69) is 20.8 Å². The van der Waals surface area contributed by atoms with Crippen molar-refractivity contribution in [2.75, 3.05) is 0 Å². The van der Waals surface area contributed by atoms with E-state index >= 15 is 0 Å². The van der Waals surface area contributed by atoms with E-state index in [1.165, 1.54) is 0 Å². The van der Waals surface area contributed by atoms with Crippen LogP contribution in [-0.2, 0) is 4.79 Å². The number of hydrogen-bond donors (Lipinski definition) is 1. The molecule has 0 saturated heterocycles. The second kappa shape index (κ2) is 3.46. The van der Waals surface area contributed by atoms with E-state index in [4.69, 9.17) is 5.11 Å². The third kappa shape index (κ3) is 1.62. The number of carboxylic acids is 1. The average Bonchev–Trinajstić information content (AvgIpc) is 2.30. The van der Waals surface area contributed by atoms with Gasteiger partial charge in [0, 0.05) is 0 Å². The minimum absolute atomic E-state index is 0.0926. The summed E-state index contributed by atoms with van der Waals surface area (Å²) in [5.41, 5.74) is 0. The van der Waals surface area contributed by atoms with E-state index in [1.54, 1.807) is 0 Å². The molecule has 3 atom stereocenters. The first-order chi connectivity index (χ1) is 5.54. The Morgan fingerprint density at radius 3 is 2.33 bits per heavy atom.